The number of hydrogen-bond donors (Lipinski definition) is 0. The Morgan fingerprint density at radius 3 is 2.86 bits per heavy atom. The van der Waals surface area contributed by atoms with Gasteiger partial charge in [-0.25, -0.2) is 0 Å². The van der Waals surface area contributed by atoms with E-state index in [9.17, 15) is 4.79 Å². The van der Waals surface area contributed by atoms with E-state index in [1.165, 1.54) is 19.3 Å². The van der Waals surface area contributed by atoms with Crippen molar-refractivity contribution in [2.75, 3.05) is 0 Å². The standard InChI is InChI=1S/C10H14N2O2/c13-7-6-9-11-10(14-12-9)8-4-2-1-3-5-8/h7-8H,1-6H2. The minimum absolute atomic E-state index is 0.260. The van der Waals surface area contributed by atoms with Gasteiger partial charge in [0.1, 0.15) is 6.29 Å². The Balaban J connectivity index is 2.03. The summed E-state index contributed by atoms with van der Waals surface area (Å²) in [5.74, 6) is 1.67. The van der Waals surface area contributed by atoms with Crippen LogP contribution < -0.4 is 0 Å². The fourth-order valence-corrected chi connectivity index (χ4v) is 1.94. The lowest BCUT2D eigenvalue weighted by Crippen LogP contribution is -2.04. The van der Waals surface area contributed by atoms with Gasteiger partial charge in [0.15, 0.2) is 5.82 Å². The van der Waals surface area contributed by atoms with E-state index in [4.69, 9.17) is 4.52 Å². The molecule has 76 valence electrons. The first-order chi connectivity index (χ1) is 6.90. The zero-order chi connectivity index (χ0) is 9.80. The van der Waals surface area contributed by atoms with Gasteiger partial charge in [0.25, 0.3) is 0 Å². The van der Waals surface area contributed by atoms with Crippen molar-refractivity contribution in [2.45, 2.75) is 44.4 Å². The summed E-state index contributed by atoms with van der Waals surface area (Å²) in [6.07, 6.45) is 7.15. The molecule has 1 aromatic heterocycles. The topological polar surface area (TPSA) is 56.0 Å². The quantitative estimate of drug-likeness (QED) is 0.689. The summed E-state index contributed by atoms with van der Waals surface area (Å²) in [4.78, 5) is 14.5. The van der Waals surface area contributed by atoms with Crippen LogP contribution >= 0.6 is 0 Å². The molecule has 0 N–H and O–H groups in total. The summed E-state index contributed by atoms with van der Waals surface area (Å²) in [5.41, 5.74) is 0. The number of hydrogen-bond acceptors (Lipinski definition) is 4. The average molecular weight is 194 g/mol. The highest BCUT2D eigenvalue weighted by molar-refractivity contribution is 5.52. The van der Waals surface area contributed by atoms with E-state index in [1.54, 1.807) is 0 Å². The third-order valence-corrected chi connectivity index (χ3v) is 2.70. The third kappa shape index (κ3) is 2.00. The van der Waals surface area contributed by atoms with E-state index in [0.29, 0.717) is 11.7 Å². The van der Waals surface area contributed by atoms with Crippen LogP contribution in [-0.2, 0) is 11.2 Å². The molecule has 1 aliphatic rings. The summed E-state index contributed by atoms with van der Waals surface area (Å²) in [5, 5.41) is 3.76. The Labute approximate surface area is 82.7 Å². The first kappa shape index (κ1) is 9.37. The second-order valence-electron chi connectivity index (χ2n) is 3.75. The summed E-state index contributed by atoms with van der Waals surface area (Å²) in [6, 6.07) is 0. The molecule has 0 saturated heterocycles. The molecule has 1 fully saturated rings. The second-order valence-corrected chi connectivity index (χ2v) is 3.75. The minimum atomic E-state index is 0.260. The molecule has 0 radical (unpaired) electrons. The largest absolute Gasteiger partial charge is 0.339 e. The molecule has 2 rings (SSSR count). The van der Waals surface area contributed by atoms with Crippen molar-refractivity contribution in [3.05, 3.63) is 11.7 Å². The number of carbonyl (C=O) groups is 1. The normalized spacial score (nSPS) is 18.3. The van der Waals surface area contributed by atoms with Gasteiger partial charge in [-0.15, -0.1) is 0 Å². The molecule has 1 aliphatic carbocycles. The third-order valence-electron chi connectivity index (χ3n) is 2.70. The van der Waals surface area contributed by atoms with Crippen LogP contribution in [0, 0.1) is 0 Å². The summed E-state index contributed by atoms with van der Waals surface area (Å²) < 4.78 is 5.14. The maximum Gasteiger partial charge on any atom is 0.229 e. The van der Waals surface area contributed by atoms with Crippen LogP contribution in [-0.4, -0.2) is 16.4 Å². The molecule has 4 heteroatoms. The lowest BCUT2D eigenvalue weighted by atomic mass is 9.89. The molecule has 14 heavy (non-hydrogen) atoms. The van der Waals surface area contributed by atoms with Gasteiger partial charge in [0, 0.05) is 5.92 Å². The molecule has 0 aliphatic heterocycles. The van der Waals surface area contributed by atoms with Crippen molar-refractivity contribution < 1.29 is 9.32 Å². The number of rotatable bonds is 3. The highest BCUT2D eigenvalue weighted by Gasteiger charge is 2.21. The van der Waals surface area contributed by atoms with Crippen molar-refractivity contribution in [1.82, 2.24) is 10.1 Å². The fourth-order valence-electron chi connectivity index (χ4n) is 1.94. The average Bonchev–Trinajstić information content (AvgIpc) is 2.68. The van der Waals surface area contributed by atoms with E-state index < -0.39 is 0 Å². The molecule has 0 amide bonds. The number of aromatic nitrogens is 2. The molecule has 0 aromatic carbocycles. The van der Waals surface area contributed by atoms with Gasteiger partial charge in [0.05, 0.1) is 6.42 Å². The van der Waals surface area contributed by atoms with E-state index >= 15 is 0 Å². The van der Waals surface area contributed by atoms with Crippen LogP contribution in [0.15, 0.2) is 4.52 Å². The Kier molecular flexibility index (Phi) is 2.91. The first-order valence-corrected chi connectivity index (χ1v) is 5.16. The first-order valence-electron chi connectivity index (χ1n) is 5.16. The predicted octanol–water partition coefficient (Wildman–Crippen LogP) is 1.86. The molecule has 1 saturated carbocycles. The Bertz CT molecular complexity index is 303. The monoisotopic (exact) mass is 194 g/mol. The number of nitrogens with zero attached hydrogens (tertiary/aromatic N) is 2. The van der Waals surface area contributed by atoms with Crippen molar-refractivity contribution in [1.29, 1.82) is 0 Å². The van der Waals surface area contributed by atoms with Gasteiger partial charge in [-0.3, -0.25) is 0 Å². The molecule has 0 atom stereocenters. The molecule has 4 nitrogen and oxygen atoms in total. The van der Waals surface area contributed by atoms with Gasteiger partial charge in [-0.05, 0) is 12.8 Å². The van der Waals surface area contributed by atoms with Crippen LogP contribution in [0.25, 0.3) is 0 Å². The van der Waals surface area contributed by atoms with Gasteiger partial charge in [-0.1, -0.05) is 24.4 Å². The molecule has 1 aromatic rings. The summed E-state index contributed by atoms with van der Waals surface area (Å²) >= 11 is 0. The van der Waals surface area contributed by atoms with Crippen molar-refractivity contribution in [3.63, 3.8) is 0 Å². The Morgan fingerprint density at radius 2 is 2.14 bits per heavy atom. The zero-order valence-corrected chi connectivity index (χ0v) is 8.11. The lowest BCUT2D eigenvalue weighted by molar-refractivity contribution is -0.107. The van der Waals surface area contributed by atoms with Crippen molar-refractivity contribution in [3.8, 4) is 0 Å². The van der Waals surface area contributed by atoms with Crippen LogP contribution in [0.1, 0.15) is 49.7 Å². The van der Waals surface area contributed by atoms with Gasteiger partial charge in [0.2, 0.25) is 5.89 Å². The van der Waals surface area contributed by atoms with Crippen LogP contribution in [0.2, 0.25) is 0 Å². The maximum atomic E-state index is 10.2. The second kappa shape index (κ2) is 4.35. The van der Waals surface area contributed by atoms with Crippen molar-refractivity contribution in [2.24, 2.45) is 0 Å². The molecular formula is C10H14N2O2. The van der Waals surface area contributed by atoms with Gasteiger partial charge in [-0.2, -0.15) is 4.98 Å². The van der Waals surface area contributed by atoms with E-state index in [0.717, 1.165) is 25.0 Å². The summed E-state index contributed by atoms with van der Waals surface area (Å²) in [6.45, 7) is 0. The number of carbonyl (C=O) groups excluding carboxylic acids is 1. The predicted molar refractivity (Wildman–Crippen MR) is 49.9 cm³/mol. The zero-order valence-electron chi connectivity index (χ0n) is 8.11. The van der Waals surface area contributed by atoms with Crippen molar-refractivity contribution >= 4 is 6.29 Å². The molecule has 0 spiro atoms. The maximum absolute atomic E-state index is 10.2. The fraction of sp³-hybridized carbons (Fsp3) is 0.700. The minimum Gasteiger partial charge on any atom is -0.339 e. The molecule has 0 bridgehead atoms. The highest BCUT2D eigenvalue weighted by Crippen LogP contribution is 2.31. The lowest BCUT2D eigenvalue weighted by Gasteiger charge is -2.17. The van der Waals surface area contributed by atoms with E-state index in [2.05, 4.69) is 10.1 Å². The van der Waals surface area contributed by atoms with E-state index in [1.807, 2.05) is 0 Å². The van der Waals surface area contributed by atoms with Gasteiger partial charge >= 0.3 is 0 Å². The van der Waals surface area contributed by atoms with Crippen LogP contribution in [0.3, 0.4) is 0 Å². The highest BCUT2D eigenvalue weighted by atomic mass is 16.5. The van der Waals surface area contributed by atoms with Gasteiger partial charge < -0.3 is 9.32 Å². The smallest absolute Gasteiger partial charge is 0.229 e. The molecular weight excluding hydrogens is 180 g/mol. The SMILES string of the molecule is O=CCc1noc(C2CCCCC2)n1. The molecule has 0 unspecified atom stereocenters. The Hall–Kier alpha value is -1.19. The van der Waals surface area contributed by atoms with Crippen LogP contribution in [0.5, 0.6) is 0 Å². The van der Waals surface area contributed by atoms with E-state index in [-0.39, 0.29) is 6.42 Å². The summed E-state index contributed by atoms with van der Waals surface area (Å²) in [7, 11) is 0. The Morgan fingerprint density at radius 1 is 1.36 bits per heavy atom. The molecule has 1 heterocycles. The number of aldehydes is 1. The van der Waals surface area contributed by atoms with Crippen LogP contribution in [0.4, 0.5) is 0 Å².